The highest BCUT2D eigenvalue weighted by molar-refractivity contribution is 5.20. The van der Waals surface area contributed by atoms with Gasteiger partial charge in [-0.05, 0) is 69.8 Å². The Balaban J connectivity index is 2.02. The first-order chi connectivity index (χ1) is 7.24. The number of piperidine rings is 1. The number of rotatable bonds is 2. The van der Waals surface area contributed by atoms with Gasteiger partial charge < -0.3 is 5.32 Å². The molecule has 0 aromatic carbocycles. The molecule has 2 nitrogen and oxygen atoms in total. The monoisotopic (exact) mass is 204 g/mol. The average molecular weight is 204 g/mol. The number of hydrogen-bond donors (Lipinski definition) is 1. The summed E-state index contributed by atoms with van der Waals surface area (Å²) in [6, 6.07) is 4.46. The van der Waals surface area contributed by atoms with Crippen LogP contribution >= 0.6 is 0 Å². The predicted molar refractivity (Wildman–Crippen MR) is 63.0 cm³/mol. The number of nitrogens with one attached hydrogen (secondary N) is 1. The molecule has 0 unspecified atom stereocenters. The molecule has 1 fully saturated rings. The second-order valence-electron chi connectivity index (χ2n) is 4.66. The van der Waals surface area contributed by atoms with E-state index >= 15 is 0 Å². The van der Waals surface area contributed by atoms with Gasteiger partial charge in [0.1, 0.15) is 0 Å². The molecule has 0 saturated carbocycles. The first-order valence-corrected chi connectivity index (χ1v) is 5.89. The Bertz CT molecular complexity index is 307. The van der Waals surface area contributed by atoms with Gasteiger partial charge in [-0.1, -0.05) is 0 Å². The molecular formula is C13H20N2. The second kappa shape index (κ2) is 4.75. The quantitative estimate of drug-likeness (QED) is 0.799. The topological polar surface area (TPSA) is 24.9 Å². The average Bonchev–Trinajstić information content (AvgIpc) is 2.17. The van der Waals surface area contributed by atoms with Crippen LogP contribution < -0.4 is 5.32 Å². The Morgan fingerprint density at radius 2 is 1.80 bits per heavy atom. The van der Waals surface area contributed by atoms with Crippen LogP contribution in [0.2, 0.25) is 0 Å². The molecule has 2 rings (SSSR count). The van der Waals surface area contributed by atoms with Crippen LogP contribution in [0.15, 0.2) is 12.1 Å². The number of aryl methyl sites for hydroxylation is 2. The van der Waals surface area contributed by atoms with Crippen LogP contribution in [0.5, 0.6) is 0 Å². The van der Waals surface area contributed by atoms with E-state index in [1.807, 2.05) is 0 Å². The molecule has 0 amide bonds. The van der Waals surface area contributed by atoms with Gasteiger partial charge in [-0.25, -0.2) is 0 Å². The van der Waals surface area contributed by atoms with Crippen molar-refractivity contribution in [1.82, 2.24) is 10.3 Å². The highest BCUT2D eigenvalue weighted by atomic mass is 14.9. The lowest BCUT2D eigenvalue weighted by atomic mass is 9.91. The van der Waals surface area contributed by atoms with E-state index in [9.17, 15) is 0 Å². The van der Waals surface area contributed by atoms with Crippen molar-refractivity contribution in [3.8, 4) is 0 Å². The highest BCUT2D eigenvalue weighted by Gasteiger charge is 2.13. The number of aromatic nitrogens is 1. The maximum Gasteiger partial charge on any atom is 0.0378 e. The van der Waals surface area contributed by atoms with Gasteiger partial charge in [0.05, 0.1) is 0 Å². The standard InChI is InChI=1S/C13H20N2/c1-10-7-13(8-11(2)15-10)9-12-3-5-14-6-4-12/h7-8,12,14H,3-6,9H2,1-2H3. The van der Waals surface area contributed by atoms with Crippen LogP contribution in [0, 0.1) is 19.8 Å². The Hall–Kier alpha value is -0.890. The molecule has 2 heteroatoms. The fourth-order valence-corrected chi connectivity index (χ4v) is 2.46. The molecular weight excluding hydrogens is 184 g/mol. The lowest BCUT2D eigenvalue weighted by Crippen LogP contribution is -2.28. The predicted octanol–water partition coefficient (Wildman–Crippen LogP) is 2.24. The molecule has 0 aliphatic carbocycles. The highest BCUT2D eigenvalue weighted by Crippen LogP contribution is 2.18. The van der Waals surface area contributed by atoms with Crippen molar-refractivity contribution >= 4 is 0 Å². The van der Waals surface area contributed by atoms with Gasteiger partial charge in [-0.2, -0.15) is 0 Å². The summed E-state index contributed by atoms with van der Waals surface area (Å²) in [5, 5.41) is 3.41. The Morgan fingerprint density at radius 3 is 2.40 bits per heavy atom. The van der Waals surface area contributed by atoms with Gasteiger partial charge in [0, 0.05) is 11.4 Å². The molecule has 0 bridgehead atoms. The van der Waals surface area contributed by atoms with Gasteiger partial charge in [0.25, 0.3) is 0 Å². The van der Waals surface area contributed by atoms with E-state index in [2.05, 4.69) is 36.3 Å². The summed E-state index contributed by atoms with van der Waals surface area (Å²) in [6.45, 7) is 6.54. The molecule has 15 heavy (non-hydrogen) atoms. The summed E-state index contributed by atoms with van der Waals surface area (Å²) >= 11 is 0. The molecule has 82 valence electrons. The fraction of sp³-hybridized carbons (Fsp3) is 0.615. The van der Waals surface area contributed by atoms with Crippen molar-refractivity contribution in [2.24, 2.45) is 5.92 Å². The Kier molecular flexibility index (Phi) is 3.37. The van der Waals surface area contributed by atoms with Crippen LogP contribution in [0.4, 0.5) is 0 Å². The number of hydrogen-bond acceptors (Lipinski definition) is 2. The Morgan fingerprint density at radius 1 is 1.20 bits per heavy atom. The lowest BCUT2D eigenvalue weighted by Gasteiger charge is -2.22. The lowest BCUT2D eigenvalue weighted by molar-refractivity contribution is 0.372. The molecule has 1 aromatic rings. The maximum atomic E-state index is 4.42. The van der Waals surface area contributed by atoms with Crippen LogP contribution in [0.3, 0.4) is 0 Å². The van der Waals surface area contributed by atoms with E-state index < -0.39 is 0 Å². The third-order valence-corrected chi connectivity index (χ3v) is 3.12. The SMILES string of the molecule is Cc1cc(CC2CCNCC2)cc(C)n1. The summed E-state index contributed by atoms with van der Waals surface area (Å²) in [6.07, 6.45) is 3.87. The maximum absolute atomic E-state index is 4.42. The molecule has 1 saturated heterocycles. The zero-order valence-electron chi connectivity index (χ0n) is 9.71. The first kappa shape index (κ1) is 10.6. The molecule has 1 N–H and O–H groups in total. The molecule has 2 heterocycles. The van der Waals surface area contributed by atoms with E-state index in [0.717, 1.165) is 17.3 Å². The third-order valence-electron chi connectivity index (χ3n) is 3.12. The zero-order chi connectivity index (χ0) is 10.7. The van der Waals surface area contributed by atoms with Crippen molar-refractivity contribution in [3.05, 3.63) is 29.1 Å². The van der Waals surface area contributed by atoms with E-state index in [1.54, 1.807) is 0 Å². The van der Waals surface area contributed by atoms with E-state index in [0.29, 0.717) is 0 Å². The van der Waals surface area contributed by atoms with Crippen molar-refractivity contribution in [2.75, 3.05) is 13.1 Å². The molecule has 0 atom stereocenters. The van der Waals surface area contributed by atoms with E-state index in [4.69, 9.17) is 0 Å². The van der Waals surface area contributed by atoms with Crippen LogP contribution in [-0.2, 0) is 6.42 Å². The number of pyridine rings is 1. The smallest absolute Gasteiger partial charge is 0.0378 e. The van der Waals surface area contributed by atoms with Crippen molar-refractivity contribution in [1.29, 1.82) is 0 Å². The number of nitrogens with zero attached hydrogens (tertiary/aromatic N) is 1. The minimum Gasteiger partial charge on any atom is -0.317 e. The molecule has 1 aromatic heterocycles. The summed E-state index contributed by atoms with van der Waals surface area (Å²) in [5.74, 6) is 0.868. The van der Waals surface area contributed by atoms with E-state index in [1.165, 1.54) is 37.9 Å². The van der Waals surface area contributed by atoms with Crippen LogP contribution in [0.25, 0.3) is 0 Å². The van der Waals surface area contributed by atoms with Gasteiger partial charge in [0.2, 0.25) is 0 Å². The van der Waals surface area contributed by atoms with Crippen molar-refractivity contribution in [2.45, 2.75) is 33.1 Å². The minimum atomic E-state index is 0.868. The zero-order valence-corrected chi connectivity index (χ0v) is 9.71. The van der Waals surface area contributed by atoms with Crippen LogP contribution in [-0.4, -0.2) is 18.1 Å². The van der Waals surface area contributed by atoms with Gasteiger partial charge in [-0.15, -0.1) is 0 Å². The summed E-state index contributed by atoms with van der Waals surface area (Å²) in [7, 11) is 0. The largest absolute Gasteiger partial charge is 0.317 e. The van der Waals surface area contributed by atoms with Crippen molar-refractivity contribution in [3.63, 3.8) is 0 Å². The molecule has 0 radical (unpaired) electrons. The minimum absolute atomic E-state index is 0.868. The third kappa shape index (κ3) is 3.03. The van der Waals surface area contributed by atoms with Crippen LogP contribution in [0.1, 0.15) is 29.8 Å². The Labute approximate surface area is 92.1 Å². The van der Waals surface area contributed by atoms with E-state index in [-0.39, 0.29) is 0 Å². The first-order valence-electron chi connectivity index (χ1n) is 5.89. The summed E-state index contributed by atoms with van der Waals surface area (Å²) in [4.78, 5) is 4.42. The second-order valence-corrected chi connectivity index (χ2v) is 4.66. The summed E-state index contributed by atoms with van der Waals surface area (Å²) in [5.41, 5.74) is 3.77. The van der Waals surface area contributed by atoms with Gasteiger partial charge in [-0.3, -0.25) is 4.98 Å². The van der Waals surface area contributed by atoms with Gasteiger partial charge in [0.15, 0.2) is 0 Å². The molecule has 1 aliphatic heterocycles. The molecule has 0 spiro atoms. The summed E-state index contributed by atoms with van der Waals surface area (Å²) < 4.78 is 0. The normalized spacial score (nSPS) is 18.0. The molecule has 1 aliphatic rings. The fourth-order valence-electron chi connectivity index (χ4n) is 2.46. The van der Waals surface area contributed by atoms with Crippen molar-refractivity contribution < 1.29 is 0 Å². The van der Waals surface area contributed by atoms with Gasteiger partial charge >= 0.3 is 0 Å².